The third-order valence-corrected chi connectivity index (χ3v) is 5.19. The van der Waals surface area contributed by atoms with Crippen molar-refractivity contribution in [1.82, 2.24) is 4.98 Å². The smallest absolute Gasteiger partial charge is 0.258 e. The van der Waals surface area contributed by atoms with Gasteiger partial charge >= 0.3 is 0 Å². The fraction of sp³-hybridized carbons (Fsp3) is 0. The predicted molar refractivity (Wildman–Crippen MR) is 111 cm³/mol. The number of benzene rings is 3. The number of fused-ring (bicyclic) bond motifs is 3. The van der Waals surface area contributed by atoms with E-state index in [9.17, 15) is 10.1 Å². The van der Waals surface area contributed by atoms with Gasteiger partial charge in [-0.15, -0.1) is 23.7 Å². The average molecular weight is 403 g/mol. The van der Waals surface area contributed by atoms with Crippen LogP contribution in [0.5, 0.6) is 0 Å². The summed E-state index contributed by atoms with van der Waals surface area (Å²) in [7, 11) is 0. The fourth-order valence-corrected chi connectivity index (χ4v) is 3.76. The van der Waals surface area contributed by atoms with Gasteiger partial charge in [0.15, 0.2) is 0 Å². The van der Waals surface area contributed by atoms with Crippen molar-refractivity contribution in [2.45, 2.75) is 0 Å². The van der Waals surface area contributed by atoms with Gasteiger partial charge in [0, 0.05) is 11.5 Å². The van der Waals surface area contributed by atoms with Crippen molar-refractivity contribution in [3.8, 4) is 0 Å². The van der Waals surface area contributed by atoms with Crippen LogP contribution in [0.4, 0.5) is 5.69 Å². The van der Waals surface area contributed by atoms with Crippen LogP contribution in [0.15, 0.2) is 54.6 Å². The van der Waals surface area contributed by atoms with Crippen LogP contribution in [-0.2, 0) is 0 Å². The number of rotatable bonds is 3. The van der Waals surface area contributed by atoms with Crippen molar-refractivity contribution in [2.24, 2.45) is 0 Å². The van der Waals surface area contributed by atoms with Gasteiger partial charge in [-0.2, -0.15) is 0 Å². The van der Waals surface area contributed by atoms with E-state index >= 15 is 0 Å². The van der Waals surface area contributed by atoms with Gasteiger partial charge in [-0.3, -0.25) is 10.1 Å². The van der Waals surface area contributed by atoms with Crippen LogP contribution in [0, 0.1) is 10.1 Å². The number of nitrogens with zero attached hydrogens (tertiary/aromatic N) is 2. The maximum atomic E-state index is 11.0. The molecule has 0 aliphatic carbocycles. The van der Waals surface area contributed by atoms with Crippen LogP contribution in [0.3, 0.4) is 0 Å². The van der Waals surface area contributed by atoms with E-state index in [0.717, 1.165) is 26.0 Å². The molecule has 7 heteroatoms. The van der Waals surface area contributed by atoms with Crippen LogP contribution < -0.4 is 0 Å². The molecule has 0 fully saturated rings. The highest BCUT2D eigenvalue weighted by molar-refractivity contribution is 7.19. The topological polar surface area (TPSA) is 56.0 Å². The van der Waals surface area contributed by atoms with Gasteiger partial charge in [-0.05, 0) is 29.2 Å². The lowest BCUT2D eigenvalue weighted by Crippen LogP contribution is -1.89. The van der Waals surface area contributed by atoms with E-state index in [0.29, 0.717) is 5.56 Å². The van der Waals surface area contributed by atoms with Gasteiger partial charge in [0.2, 0.25) is 0 Å². The van der Waals surface area contributed by atoms with Crippen molar-refractivity contribution >= 4 is 74.2 Å². The summed E-state index contributed by atoms with van der Waals surface area (Å²) in [5.74, 6) is 0. The molecular formula is C19H12Cl2N2O2S. The Balaban J connectivity index is 0.00000196. The molecule has 0 saturated heterocycles. The lowest BCUT2D eigenvalue weighted by molar-refractivity contribution is -0.384. The molecule has 0 bridgehead atoms. The molecule has 4 nitrogen and oxygen atoms in total. The van der Waals surface area contributed by atoms with Crippen LogP contribution in [0.1, 0.15) is 10.6 Å². The normalized spacial score (nSPS) is 11.1. The third kappa shape index (κ3) is 3.42. The Bertz CT molecular complexity index is 1150. The first kappa shape index (κ1) is 18.3. The molecule has 0 N–H and O–H groups in total. The van der Waals surface area contributed by atoms with E-state index in [1.54, 1.807) is 17.4 Å². The summed E-state index contributed by atoms with van der Waals surface area (Å²) in [6.07, 6.45) is 3.68. The molecular weight excluding hydrogens is 391 g/mol. The zero-order chi connectivity index (χ0) is 17.4. The maximum absolute atomic E-state index is 11.0. The Morgan fingerprint density at radius 3 is 2.69 bits per heavy atom. The van der Waals surface area contributed by atoms with E-state index in [-0.39, 0.29) is 23.1 Å². The number of aromatic nitrogens is 1. The second kappa shape index (κ2) is 7.41. The van der Waals surface area contributed by atoms with E-state index in [1.807, 2.05) is 24.3 Å². The van der Waals surface area contributed by atoms with Crippen LogP contribution in [0.25, 0.3) is 33.1 Å². The molecule has 0 aliphatic rings. The molecule has 0 atom stereocenters. The average Bonchev–Trinajstić information content (AvgIpc) is 3.04. The zero-order valence-corrected chi connectivity index (χ0v) is 15.6. The summed E-state index contributed by atoms with van der Waals surface area (Å²) >= 11 is 7.43. The van der Waals surface area contributed by atoms with Crippen molar-refractivity contribution < 1.29 is 4.92 Å². The van der Waals surface area contributed by atoms with E-state index < -0.39 is 4.92 Å². The Hall–Kier alpha value is -2.47. The van der Waals surface area contributed by atoms with Crippen LogP contribution in [0.2, 0.25) is 5.02 Å². The van der Waals surface area contributed by atoms with E-state index in [2.05, 4.69) is 24.3 Å². The second-order valence-electron chi connectivity index (χ2n) is 5.49. The molecule has 0 aliphatic heterocycles. The molecule has 1 aromatic heterocycles. The molecule has 3 aromatic carbocycles. The van der Waals surface area contributed by atoms with Crippen molar-refractivity contribution in [3.63, 3.8) is 0 Å². The second-order valence-corrected chi connectivity index (χ2v) is 6.96. The minimum Gasteiger partial charge on any atom is -0.258 e. The molecule has 130 valence electrons. The van der Waals surface area contributed by atoms with Gasteiger partial charge in [-0.1, -0.05) is 54.1 Å². The minimum atomic E-state index is -0.483. The van der Waals surface area contributed by atoms with Crippen LogP contribution >= 0.6 is 35.3 Å². The molecule has 0 saturated carbocycles. The Morgan fingerprint density at radius 1 is 1.08 bits per heavy atom. The van der Waals surface area contributed by atoms with Gasteiger partial charge in [0.25, 0.3) is 5.69 Å². The molecule has 0 spiro atoms. The van der Waals surface area contributed by atoms with Crippen molar-refractivity contribution in [1.29, 1.82) is 0 Å². The summed E-state index contributed by atoms with van der Waals surface area (Å²) in [6.45, 7) is 0. The first-order valence-corrected chi connectivity index (χ1v) is 8.71. The van der Waals surface area contributed by atoms with Gasteiger partial charge in [-0.25, -0.2) is 4.98 Å². The lowest BCUT2D eigenvalue weighted by Gasteiger charge is -1.97. The van der Waals surface area contributed by atoms with Crippen molar-refractivity contribution in [3.05, 3.63) is 80.3 Å². The quantitative estimate of drug-likeness (QED) is 0.286. The fourth-order valence-electron chi connectivity index (χ4n) is 2.69. The number of nitro benzene ring substituents is 1. The maximum Gasteiger partial charge on any atom is 0.288 e. The highest BCUT2D eigenvalue weighted by Crippen LogP contribution is 2.30. The number of halogens is 2. The summed E-state index contributed by atoms with van der Waals surface area (Å²) in [6, 6.07) is 17.0. The molecule has 4 aromatic rings. The summed E-state index contributed by atoms with van der Waals surface area (Å²) in [5.41, 5.74) is 1.59. The SMILES string of the molecule is Cl.O=[N+]([O-])c1cc(C=Cc2nc3c(ccc4ccccc43)s2)ccc1Cl. The summed E-state index contributed by atoms with van der Waals surface area (Å²) in [5, 5.41) is 14.2. The minimum absolute atomic E-state index is 0. The predicted octanol–water partition coefficient (Wildman–Crippen LogP) is 6.60. The van der Waals surface area contributed by atoms with Crippen LogP contribution in [-0.4, -0.2) is 9.91 Å². The highest BCUT2D eigenvalue weighted by Gasteiger charge is 2.12. The molecule has 1 heterocycles. The Morgan fingerprint density at radius 2 is 1.88 bits per heavy atom. The third-order valence-electron chi connectivity index (χ3n) is 3.89. The van der Waals surface area contributed by atoms with E-state index in [4.69, 9.17) is 16.6 Å². The highest BCUT2D eigenvalue weighted by atomic mass is 35.5. The van der Waals surface area contributed by atoms with E-state index in [1.165, 1.54) is 12.1 Å². The number of thiazole rings is 1. The molecule has 0 amide bonds. The molecule has 0 unspecified atom stereocenters. The first-order chi connectivity index (χ1) is 12.1. The standard InChI is InChI=1S/C19H11ClN2O2S.ClH/c20-15-8-5-12(11-16(15)22(23)24)6-10-18-21-19-14-4-2-1-3-13(14)7-9-17(19)25-18;/h1-11H;1H. The number of hydrogen-bond acceptors (Lipinski definition) is 4. The summed E-state index contributed by atoms with van der Waals surface area (Å²) in [4.78, 5) is 15.2. The Kier molecular flexibility index (Phi) is 5.23. The number of hydrogen-bond donors (Lipinski definition) is 0. The van der Waals surface area contributed by atoms with Crippen molar-refractivity contribution in [2.75, 3.05) is 0 Å². The van der Waals surface area contributed by atoms with Gasteiger partial charge < -0.3 is 0 Å². The van der Waals surface area contributed by atoms with Gasteiger partial charge in [0.1, 0.15) is 10.0 Å². The summed E-state index contributed by atoms with van der Waals surface area (Å²) < 4.78 is 1.11. The number of nitro groups is 1. The van der Waals surface area contributed by atoms with Gasteiger partial charge in [0.05, 0.1) is 15.1 Å². The zero-order valence-electron chi connectivity index (χ0n) is 13.3. The Labute approximate surface area is 164 Å². The lowest BCUT2D eigenvalue weighted by atomic mass is 10.1. The monoisotopic (exact) mass is 402 g/mol. The molecule has 4 rings (SSSR count). The molecule has 0 radical (unpaired) electrons. The molecule has 26 heavy (non-hydrogen) atoms. The first-order valence-electron chi connectivity index (χ1n) is 7.52. The largest absolute Gasteiger partial charge is 0.288 e.